The van der Waals surface area contributed by atoms with Gasteiger partial charge in [-0.15, -0.1) is 5.10 Å². The summed E-state index contributed by atoms with van der Waals surface area (Å²) in [5.74, 6) is -1.54. The van der Waals surface area contributed by atoms with E-state index < -0.39 is 5.92 Å². The SMILES string of the molecule is Cc1c(-c2ncco2)nc(N)n2nc(CCN3CCCC(F)(F)C3)nc12. The number of nitrogen functional groups attached to an aromatic ring is 1. The zero-order valence-corrected chi connectivity index (χ0v) is 14.3. The molecule has 1 aliphatic heterocycles. The van der Waals surface area contributed by atoms with E-state index in [0.29, 0.717) is 49.0 Å². The van der Waals surface area contributed by atoms with Gasteiger partial charge >= 0.3 is 0 Å². The standard InChI is InChI=1S/C16H19F2N7O/c1-10-12(14-20-5-8-26-14)22-15(19)25-13(10)21-11(23-25)3-7-24-6-2-4-16(17,18)9-24/h5,8H,2-4,6-7,9H2,1H3,(H2,19,22). The number of anilines is 1. The van der Waals surface area contributed by atoms with E-state index in [9.17, 15) is 8.78 Å². The maximum atomic E-state index is 13.5. The predicted molar refractivity (Wildman–Crippen MR) is 89.8 cm³/mol. The van der Waals surface area contributed by atoms with Gasteiger partial charge in [-0.2, -0.15) is 4.52 Å². The van der Waals surface area contributed by atoms with Crippen molar-refractivity contribution in [2.24, 2.45) is 0 Å². The number of aromatic nitrogens is 5. The van der Waals surface area contributed by atoms with Crippen LogP contribution in [0.2, 0.25) is 0 Å². The summed E-state index contributed by atoms with van der Waals surface area (Å²) in [5.41, 5.74) is 7.80. The topological polar surface area (TPSA) is 98.4 Å². The molecule has 3 aromatic heterocycles. The number of alkyl halides is 2. The van der Waals surface area contributed by atoms with E-state index in [-0.39, 0.29) is 18.9 Å². The monoisotopic (exact) mass is 363 g/mol. The molecule has 138 valence electrons. The molecule has 0 amide bonds. The lowest BCUT2D eigenvalue weighted by Gasteiger charge is -2.32. The minimum absolute atomic E-state index is 0.0406. The van der Waals surface area contributed by atoms with E-state index in [1.54, 1.807) is 4.90 Å². The summed E-state index contributed by atoms with van der Waals surface area (Å²) in [5, 5.41) is 4.37. The van der Waals surface area contributed by atoms with Gasteiger partial charge in [0.1, 0.15) is 12.0 Å². The first kappa shape index (κ1) is 16.8. The quantitative estimate of drug-likeness (QED) is 0.756. The number of halogens is 2. The predicted octanol–water partition coefficient (Wildman–Crippen LogP) is 1.94. The van der Waals surface area contributed by atoms with Gasteiger partial charge in [0.2, 0.25) is 11.8 Å². The van der Waals surface area contributed by atoms with E-state index in [0.717, 1.165) is 5.56 Å². The number of likely N-dealkylation sites (tertiary alicyclic amines) is 1. The largest absolute Gasteiger partial charge is 0.443 e. The maximum absolute atomic E-state index is 13.5. The first-order chi connectivity index (χ1) is 12.4. The first-order valence-corrected chi connectivity index (χ1v) is 8.45. The van der Waals surface area contributed by atoms with Crippen LogP contribution in [0.25, 0.3) is 17.2 Å². The van der Waals surface area contributed by atoms with E-state index in [2.05, 4.69) is 20.1 Å². The van der Waals surface area contributed by atoms with Crippen molar-refractivity contribution in [3.05, 3.63) is 23.8 Å². The molecule has 8 nitrogen and oxygen atoms in total. The fourth-order valence-corrected chi connectivity index (χ4v) is 3.26. The zero-order chi connectivity index (χ0) is 18.3. The fraction of sp³-hybridized carbons (Fsp3) is 0.500. The Morgan fingerprint density at radius 3 is 2.92 bits per heavy atom. The number of hydrogen-bond acceptors (Lipinski definition) is 7. The highest BCUT2D eigenvalue weighted by Gasteiger charge is 2.34. The van der Waals surface area contributed by atoms with Crippen LogP contribution in [0.3, 0.4) is 0 Å². The molecule has 0 atom stereocenters. The Hall–Kier alpha value is -2.62. The molecule has 26 heavy (non-hydrogen) atoms. The molecular weight excluding hydrogens is 344 g/mol. The van der Waals surface area contributed by atoms with Crippen molar-refractivity contribution in [1.29, 1.82) is 0 Å². The molecule has 10 heteroatoms. The van der Waals surface area contributed by atoms with Gasteiger partial charge in [0.25, 0.3) is 5.92 Å². The second kappa shape index (κ2) is 6.27. The molecular formula is C16H19F2N7O. The van der Waals surface area contributed by atoms with Crippen molar-refractivity contribution in [2.75, 3.05) is 25.4 Å². The maximum Gasteiger partial charge on any atom is 0.260 e. The smallest absolute Gasteiger partial charge is 0.260 e. The lowest BCUT2D eigenvalue weighted by molar-refractivity contribution is -0.0636. The third-order valence-corrected chi connectivity index (χ3v) is 4.54. The molecule has 0 aliphatic carbocycles. The number of rotatable bonds is 4. The summed E-state index contributed by atoms with van der Waals surface area (Å²) in [4.78, 5) is 14.7. The Kier molecular flexibility index (Phi) is 4.06. The Balaban J connectivity index is 1.58. The van der Waals surface area contributed by atoms with Crippen LogP contribution in [-0.4, -0.2) is 55.0 Å². The van der Waals surface area contributed by atoms with Crippen molar-refractivity contribution in [1.82, 2.24) is 29.5 Å². The van der Waals surface area contributed by atoms with Crippen LogP contribution in [0.5, 0.6) is 0 Å². The van der Waals surface area contributed by atoms with Crippen molar-refractivity contribution < 1.29 is 13.2 Å². The number of hydrogen-bond donors (Lipinski definition) is 1. The number of aryl methyl sites for hydroxylation is 1. The highest BCUT2D eigenvalue weighted by molar-refractivity contribution is 5.65. The third kappa shape index (κ3) is 3.12. The van der Waals surface area contributed by atoms with Crippen molar-refractivity contribution in [2.45, 2.75) is 32.1 Å². The Bertz CT molecular complexity index is 922. The highest BCUT2D eigenvalue weighted by atomic mass is 19.3. The third-order valence-electron chi connectivity index (χ3n) is 4.54. The number of piperidine rings is 1. The lowest BCUT2D eigenvalue weighted by Crippen LogP contribution is -2.43. The van der Waals surface area contributed by atoms with Crippen LogP contribution in [0, 0.1) is 6.92 Å². The number of oxazole rings is 1. The van der Waals surface area contributed by atoms with Crippen molar-refractivity contribution >= 4 is 11.6 Å². The van der Waals surface area contributed by atoms with Crippen LogP contribution in [0.15, 0.2) is 16.9 Å². The molecule has 0 spiro atoms. The molecule has 1 fully saturated rings. The molecule has 0 unspecified atom stereocenters. The zero-order valence-electron chi connectivity index (χ0n) is 14.3. The summed E-state index contributed by atoms with van der Waals surface area (Å²) >= 11 is 0. The van der Waals surface area contributed by atoms with E-state index in [1.165, 1.54) is 17.0 Å². The number of nitrogens with zero attached hydrogens (tertiary/aromatic N) is 6. The average molecular weight is 363 g/mol. The van der Waals surface area contributed by atoms with Crippen LogP contribution < -0.4 is 5.73 Å². The van der Waals surface area contributed by atoms with Gasteiger partial charge < -0.3 is 10.2 Å². The summed E-state index contributed by atoms with van der Waals surface area (Å²) < 4.78 is 33.8. The highest BCUT2D eigenvalue weighted by Crippen LogP contribution is 2.27. The molecule has 0 aromatic carbocycles. The van der Waals surface area contributed by atoms with Gasteiger partial charge in [-0.25, -0.2) is 23.7 Å². The summed E-state index contributed by atoms with van der Waals surface area (Å²) in [6.07, 6.45) is 3.91. The van der Waals surface area contributed by atoms with E-state index in [4.69, 9.17) is 10.2 Å². The van der Waals surface area contributed by atoms with Crippen LogP contribution in [0.1, 0.15) is 24.2 Å². The molecule has 1 saturated heterocycles. The second-order valence-corrected chi connectivity index (χ2v) is 6.53. The van der Waals surface area contributed by atoms with Gasteiger partial charge in [-0.05, 0) is 19.9 Å². The summed E-state index contributed by atoms with van der Waals surface area (Å²) in [6.45, 7) is 2.77. The van der Waals surface area contributed by atoms with Crippen molar-refractivity contribution in [3.63, 3.8) is 0 Å². The molecule has 0 saturated carbocycles. The van der Waals surface area contributed by atoms with Crippen LogP contribution in [-0.2, 0) is 6.42 Å². The van der Waals surface area contributed by atoms with Gasteiger partial charge in [0.15, 0.2) is 11.5 Å². The molecule has 4 heterocycles. The number of nitrogens with two attached hydrogens (primary N) is 1. The van der Waals surface area contributed by atoms with Gasteiger partial charge in [-0.3, -0.25) is 4.90 Å². The molecule has 3 aromatic rings. The molecule has 2 N–H and O–H groups in total. The molecule has 0 radical (unpaired) electrons. The van der Waals surface area contributed by atoms with Crippen LogP contribution in [0.4, 0.5) is 14.7 Å². The van der Waals surface area contributed by atoms with Gasteiger partial charge in [0.05, 0.1) is 12.7 Å². The van der Waals surface area contributed by atoms with Gasteiger partial charge in [-0.1, -0.05) is 0 Å². The van der Waals surface area contributed by atoms with E-state index >= 15 is 0 Å². The van der Waals surface area contributed by atoms with Gasteiger partial charge in [0, 0.05) is 24.9 Å². The Morgan fingerprint density at radius 1 is 1.35 bits per heavy atom. The lowest BCUT2D eigenvalue weighted by atomic mass is 10.1. The minimum atomic E-state index is -2.61. The van der Waals surface area contributed by atoms with Crippen molar-refractivity contribution in [3.8, 4) is 11.6 Å². The second-order valence-electron chi connectivity index (χ2n) is 6.53. The summed E-state index contributed by atoms with van der Waals surface area (Å²) in [6, 6.07) is 0. The summed E-state index contributed by atoms with van der Waals surface area (Å²) in [7, 11) is 0. The molecule has 4 rings (SSSR count). The minimum Gasteiger partial charge on any atom is -0.443 e. The molecule has 1 aliphatic rings. The Labute approximate surface area is 148 Å². The average Bonchev–Trinajstić information content (AvgIpc) is 3.25. The van der Waals surface area contributed by atoms with Crippen LogP contribution >= 0.6 is 0 Å². The molecule has 0 bridgehead atoms. The normalized spacial score (nSPS) is 17.8. The Morgan fingerprint density at radius 2 is 2.19 bits per heavy atom. The fourth-order valence-electron chi connectivity index (χ4n) is 3.26. The first-order valence-electron chi connectivity index (χ1n) is 8.45. The number of fused-ring (bicyclic) bond motifs is 1. The van der Waals surface area contributed by atoms with E-state index in [1.807, 2.05) is 6.92 Å².